The molecule has 138 valence electrons. The van der Waals surface area contributed by atoms with Crippen molar-refractivity contribution in [2.45, 2.75) is 38.2 Å². The van der Waals surface area contributed by atoms with Gasteiger partial charge in [-0.1, -0.05) is 48.5 Å². The van der Waals surface area contributed by atoms with Crippen LogP contribution < -0.4 is 4.72 Å². The molecule has 0 saturated carbocycles. The SMILES string of the molecule is [C-]#[N+]Cc1ccc(-c2ccc(C(C)(F)CNS(=O)(=O)C(C)C)cc2)cc1. The second-order valence-electron chi connectivity index (χ2n) is 6.70. The van der Waals surface area contributed by atoms with Crippen molar-refractivity contribution < 1.29 is 12.8 Å². The van der Waals surface area contributed by atoms with Gasteiger partial charge in [-0.2, -0.15) is 0 Å². The van der Waals surface area contributed by atoms with Gasteiger partial charge in [-0.25, -0.2) is 24.1 Å². The summed E-state index contributed by atoms with van der Waals surface area (Å²) in [6, 6.07) is 14.6. The fourth-order valence-electron chi connectivity index (χ4n) is 2.41. The molecule has 0 amide bonds. The number of hydrogen-bond acceptors (Lipinski definition) is 2. The van der Waals surface area contributed by atoms with Gasteiger partial charge >= 0.3 is 0 Å². The first-order chi connectivity index (χ1) is 12.2. The predicted molar refractivity (Wildman–Crippen MR) is 103 cm³/mol. The Labute approximate surface area is 154 Å². The predicted octanol–water partition coefficient (Wildman–Crippen LogP) is 4.29. The van der Waals surface area contributed by atoms with Crippen LogP contribution in [0.3, 0.4) is 0 Å². The number of benzene rings is 2. The van der Waals surface area contributed by atoms with Gasteiger partial charge in [0.15, 0.2) is 0 Å². The molecule has 2 rings (SSSR count). The lowest BCUT2D eigenvalue weighted by molar-refractivity contribution is 0.196. The fraction of sp³-hybridized carbons (Fsp3) is 0.350. The van der Waals surface area contributed by atoms with Gasteiger partial charge in [0.25, 0.3) is 0 Å². The maximum Gasteiger partial charge on any atom is 0.239 e. The zero-order chi connectivity index (χ0) is 19.4. The van der Waals surface area contributed by atoms with Crippen LogP contribution in [0.4, 0.5) is 4.39 Å². The average Bonchev–Trinajstić information content (AvgIpc) is 2.61. The van der Waals surface area contributed by atoms with Crippen LogP contribution in [-0.4, -0.2) is 20.2 Å². The van der Waals surface area contributed by atoms with Gasteiger partial charge < -0.3 is 4.85 Å². The Morgan fingerprint density at radius 3 is 2.04 bits per heavy atom. The Morgan fingerprint density at radius 2 is 1.58 bits per heavy atom. The molecule has 6 heteroatoms. The smallest absolute Gasteiger partial charge is 0.239 e. The van der Waals surface area contributed by atoms with E-state index in [1.165, 1.54) is 6.92 Å². The van der Waals surface area contributed by atoms with Crippen molar-refractivity contribution in [2.75, 3.05) is 6.54 Å². The summed E-state index contributed by atoms with van der Waals surface area (Å²) in [6.07, 6.45) is 0. The molecule has 0 spiro atoms. The fourth-order valence-corrected chi connectivity index (χ4v) is 3.21. The molecule has 2 aromatic rings. The van der Waals surface area contributed by atoms with Crippen LogP contribution in [0.15, 0.2) is 48.5 Å². The lowest BCUT2D eigenvalue weighted by Gasteiger charge is -2.22. The second kappa shape index (κ2) is 7.98. The van der Waals surface area contributed by atoms with E-state index < -0.39 is 20.9 Å². The Hall–Kier alpha value is -2.23. The summed E-state index contributed by atoms with van der Waals surface area (Å²) in [5.74, 6) is 0. The Kier molecular flexibility index (Phi) is 6.17. The zero-order valence-electron chi connectivity index (χ0n) is 15.2. The van der Waals surface area contributed by atoms with Gasteiger partial charge in [0, 0.05) is 12.1 Å². The van der Waals surface area contributed by atoms with Crippen molar-refractivity contribution in [1.29, 1.82) is 0 Å². The van der Waals surface area contributed by atoms with E-state index in [4.69, 9.17) is 6.57 Å². The van der Waals surface area contributed by atoms with Gasteiger partial charge in [0.2, 0.25) is 16.6 Å². The molecule has 0 heterocycles. The third kappa shape index (κ3) is 4.90. The molecule has 0 bridgehead atoms. The number of halogens is 1. The third-order valence-corrected chi connectivity index (χ3v) is 6.05. The first-order valence-corrected chi connectivity index (χ1v) is 9.91. The van der Waals surface area contributed by atoms with Gasteiger partial charge in [0.05, 0.1) is 5.25 Å². The number of alkyl halides is 1. The van der Waals surface area contributed by atoms with E-state index in [1.54, 1.807) is 26.0 Å². The van der Waals surface area contributed by atoms with E-state index in [1.807, 2.05) is 36.4 Å². The number of nitrogens with one attached hydrogen (secondary N) is 1. The molecule has 0 aliphatic heterocycles. The summed E-state index contributed by atoms with van der Waals surface area (Å²) in [6.45, 7) is 11.4. The van der Waals surface area contributed by atoms with E-state index in [2.05, 4.69) is 9.57 Å². The molecular weight excluding hydrogens is 351 g/mol. The largest absolute Gasteiger partial charge is 0.312 e. The minimum Gasteiger partial charge on any atom is -0.312 e. The number of sulfonamides is 1. The molecule has 1 N–H and O–H groups in total. The highest BCUT2D eigenvalue weighted by atomic mass is 32.2. The number of rotatable bonds is 7. The Morgan fingerprint density at radius 1 is 1.08 bits per heavy atom. The van der Waals surface area contributed by atoms with Crippen LogP contribution in [0.5, 0.6) is 0 Å². The number of hydrogen-bond donors (Lipinski definition) is 1. The van der Waals surface area contributed by atoms with E-state index in [0.29, 0.717) is 12.1 Å². The summed E-state index contributed by atoms with van der Waals surface area (Å²) in [5.41, 5.74) is 1.47. The van der Waals surface area contributed by atoms with E-state index in [9.17, 15) is 12.8 Å². The third-order valence-electron chi connectivity index (χ3n) is 4.26. The van der Waals surface area contributed by atoms with Crippen molar-refractivity contribution in [3.05, 3.63) is 71.1 Å². The van der Waals surface area contributed by atoms with E-state index in [0.717, 1.165) is 16.7 Å². The molecule has 2 aromatic carbocycles. The molecule has 0 radical (unpaired) electrons. The monoisotopic (exact) mass is 374 g/mol. The van der Waals surface area contributed by atoms with Crippen molar-refractivity contribution in [1.82, 2.24) is 4.72 Å². The molecule has 1 unspecified atom stereocenters. The number of nitrogens with zero attached hydrogens (tertiary/aromatic N) is 1. The molecule has 4 nitrogen and oxygen atoms in total. The molecule has 1 atom stereocenters. The molecule has 26 heavy (non-hydrogen) atoms. The van der Waals surface area contributed by atoms with Crippen molar-refractivity contribution >= 4 is 10.0 Å². The summed E-state index contributed by atoms with van der Waals surface area (Å²) in [5, 5.41) is -0.605. The lowest BCUT2D eigenvalue weighted by atomic mass is 9.95. The van der Waals surface area contributed by atoms with Crippen LogP contribution in [-0.2, 0) is 22.2 Å². The molecular formula is C20H23FN2O2S. The second-order valence-corrected chi connectivity index (χ2v) is 9.02. The topological polar surface area (TPSA) is 50.5 Å². The molecule has 0 fully saturated rings. The maximum atomic E-state index is 14.9. The first-order valence-electron chi connectivity index (χ1n) is 8.36. The van der Waals surface area contributed by atoms with Gasteiger partial charge in [-0.3, -0.25) is 0 Å². The zero-order valence-corrected chi connectivity index (χ0v) is 16.0. The minimum atomic E-state index is -3.51. The van der Waals surface area contributed by atoms with E-state index >= 15 is 0 Å². The quantitative estimate of drug-likeness (QED) is 0.735. The molecule has 0 aliphatic rings. The van der Waals surface area contributed by atoms with Crippen molar-refractivity contribution in [3.8, 4) is 11.1 Å². The minimum absolute atomic E-state index is 0.307. The summed E-state index contributed by atoms with van der Waals surface area (Å²) in [4.78, 5) is 3.35. The molecule has 0 saturated heterocycles. The molecule has 0 aliphatic carbocycles. The van der Waals surface area contributed by atoms with Gasteiger partial charge in [0.1, 0.15) is 5.67 Å². The van der Waals surface area contributed by atoms with Crippen LogP contribution >= 0.6 is 0 Å². The highest BCUT2D eigenvalue weighted by molar-refractivity contribution is 7.90. The van der Waals surface area contributed by atoms with Crippen molar-refractivity contribution in [2.24, 2.45) is 0 Å². The first kappa shape index (κ1) is 20.1. The van der Waals surface area contributed by atoms with Crippen LogP contribution in [0, 0.1) is 6.57 Å². The Bertz CT molecular complexity index is 881. The normalized spacial score (nSPS) is 14.0. The van der Waals surface area contributed by atoms with E-state index in [-0.39, 0.29) is 6.54 Å². The Balaban J connectivity index is 2.14. The average molecular weight is 374 g/mol. The summed E-state index contributed by atoms with van der Waals surface area (Å²) >= 11 is 0. The molecule has 0 aromatic heterocycles. The summed E-state index contributed by atoms with van der Waals surface area (Å²) < 4.78 is 40.9. The highest BCUT2D eigenvalue weighted by Crippen LogP contribution is 2.28. The highest BCUT2D eigenvalue weighted by Gasteiger charge is 2.28. The van der Waals surface area contributed by atoms with Crippen LogP contribution in [0.2, 0.25) is 0 Å². The maximum absolute atomic E-state index is 14.9. The summed E-state index contributed by atoms with van der Waals surface area (Å²) in [7, 11) is -3.51. The van der Waals surface area contributed by atoms with Gasteiger partial charge in [-0.15, -0.1) is 0 Å². The van der Waals surface area contributed by atoms with Crippen LogP contribution in [0.1, 0.15) is 31.9 Å². The van der Waals surface area contributed by atoms with Gasteiger partial charge in [-0.05, 0) is 37.5 Å². The lowest BCUT2D eigenvalue weighted by Crippen LogP contribution is -2.39. The van der Waals surface area contributed by atoms with Crippen molar-refractivity contribution in [3.63, 3.8) is 0 Å². The standard InChI is InChI=1S/C20H23FN2O2S/c1-15(2)26(24,25)23-14-20(3,21)19-11-9-18(10-12-19)17-7-5-16(6-8-17)13-22-4/h5-12,15,23H,13-14H2,1-3H3. The van der Waals surface area contributed by atoms with Crippen LogP contribution in [0.25, 0.3) is 16.0 Å².